The fourth-order valence-corrected chi connectivity index (χ4v) is 1.97. The lowest BCUT2D eigenvalue weighted by atomic mass is 10.1. The summed E-state index contributed by atoms with van der Waals surface area (Å²) in [4.78, 5) is 4.27. The molecule has 0 amide bonds. The molecular weight excluding hydrogens is 180 g/mol. The van der Waals surface area contributed by atoms with Gasteiger partial charge in [0.05, 0.1) is 18.8 Å². The Morgan fingerprint density at radius 3 is 2.43 bits per heavy atom. The summed E-state index contributed by atoms with van der Waals surface area (Å²) in [5, 5.41) is 10.1. The first kappa shape index (κ1) is 11.9. The standard InChI is InChI=1S/C10H22N2O2/c1-10(13,8-11(2)3)9-12-4-6-14-7-5-12/h13H,4-9H2,1-3H3. The third-order valence-electron chi connectivity index (χ3n) is 2.32. The van der Waals surface area contributed by atoms with Crippen molar-refractivity contribution >= 4 is 0 Å². The molecule has 0 bridgehead atoms. The van der Waals surface area contributed by atoms with Gasteiger partial charge in [-0.15, -0.1) is 0 Å². The third kappa shape index (κ3) is 4.37. The highest BCUT2D eigenvalue weighted by molar-refractivity contribution is 4.80. The molecule has 4 heteroatoms. The van der Waals surface area contributed by atoms with Crippen molar-refractivity contribution in [3.05, 3.63) is 0 Å². The summed E-state index contributed by atoms with van der Waals surface area (Å²) in [6, 6.07) is 0. The Morgan fingerprint density at radius 1 is 1.36 bits per heavy atom. The molecule has 0 radical (unpaired) electrons. The topological polar surface area (TPSA) is 35.9 Å². The smallest absolute Gasteiger partial charge is 0.0871 e. The van der Waals surface area contributed by atoms with E-state index in [1.54, 1.807) is 0 Å². The molecule has 1 fully saturated rings. The van der Waals surface area contributed by atoms with Gasteiger partial charge in [-0.3, -0.25) is 4.90 Å². The molecule has 0 spiro atoms. The van der Waals surface area contributed by atoms with Crippen LogP contribution in [0, 0.1) is 0 Å². The molecule has 1 aliphatic heterocycles. The van der Waals surface area contributed by atoms with E-state index in [4.69, 9.17) is 4.74 Å². The van der Waals surface area contributed by atoms with Crippen LogP contribution in [0.2, 0.25) is 0 Å². The summed E-state index contributed by atoms with van der Waals surface area (Å²) in [6.45, 7) is 6.77. The van der Waals surface area contributed by atoms with E-state index in [0.717, 1.165) is 32.8 Å². The lowest BCUT2D eigenvalue weighted by molar-refractivity contribution is -0.0326. The third-order valence-corrected chi connectivity index (χ3v) is 2.32. The van der Waals surface area contributed by atoms with E-state index in [9.17, 15) is 5.11 Å². The van der Waals surface area contributed by atoms with E-state index in [1.807, 2.05) is 25.9 Å². The Kier molecular flexibility index (Phi) is 4.31. The van der Waals surface area contributed by atoms with Gasteiger partial charge in [-0.2, -0.15) is 0 Å². The van der Waals surface area contributed by atoms with E-state index in [2.05, 4.69) is 4.90 Å². The number of ether oxygens (including phenoxy) is 1. The zero-order valence-corrected chi connectivity index (χ0v) is 9.49. The monoisotopic (exact) mass is 202 g/mol. The fraction of sp³-hybridized carbons (Fsp3) is 1.00. The molecule has 0 aromatic rings. The molecule has 0 aromatic heterocycles. The van der Waals surface area contributed by atoms with Crippen molar-refractivity contribution in [2.75, 3.05) is 53.5 Å². The lowest BCUT2D eigenvalue weighted by Crippen LogP contribution is -2.50. The van der Waals surface area contributed by atoms with Crippen molar-refractivity contribution in [3.8, 4) is 0 Å². The number of hydrogen-bond donors (Lipinski definition) is 1. The Hall–Kier alpha value is -0.160. The minimum absolute atomic E-state index is 0.624. The number of β-amino-alcohol motifs (C(OH)–C–C–N with tert-alkyl or cyclic N) is 1. The number of likely N-dealkylation sites (N-methyl/N-ethyl adjacent to an activating group) is 1. The van der Waals surface area contributed by atoms with Crippen LogP contribution in [-0.4, -0.2) is 74.0 Å². The summed E-state index contributed by atoms with van der Waals surface area (Å²) >= 11 is 0. The van der Waals surface area contributed by atoms with Crippen molar-refractivity contribution in [1.29, 1.82) is 0 Å². The van der Waals surface area contributed by atoms with Crippen LogP contribution in [-0.2, 0) is 4.74 Å². The molecule has 0 aromatic carbocycles. The van der Waals surface area contributed by atoms with Crippen LogP contribution < -0.4 is 0 Å². The van der Waals surface area contributed by atoms with E-state index in [0.29, 0.717) is 6.54 Å². The average molecular weight is 202 g/mol. The van der Waals surface area contributed by atoms with Crippen molar-refractivity contribution in [3.63, 3.8) is 0 Å². The lowest BCUT2D eigenvalue weighted by Gasteiger charge is -2.35. The van der Waals surface area contributed by atoms with E-state index in [1.165, 1.54) is 0 Å². The molecule has 1 saturated heterocycles. The van der Waals surface area contributed by atoms with Gasteiger partial charge in [0.15, 0.2) is 0 Å². The fourth-order valence-electron chi connectivity index (χ4n) is 1.97. The largest absolute Gasteiger partial charge is 0.388 e. The van der Waals surface area contributed by atoms with Crippen LogP contribution in [0.4, 0.5) is 0 Å². The van der Waals surface area contributed by atoms with Gasteiger partial charge >= 0.3 is 0 Å². The maximum absolute atomic E-state index is 10.1. The van der Waals surface area contributed by atoms with Crippen molar-refractivity contribution in [1.82, 2.24) is 9.80 Å². The summed E-state index contributed by atoms with van der Waals surface area (Å²) in [5.74, 6) is 0. The van der Waals surface area contributed by atoms with E-state index >= 15 is 0 Å². The van der Waals surface area contributed by atoms with Crippen LogP contribution in [0.25, 0.3) is 0 Å². The van der Waals surface area contributed by atoms with Crippen LogP contribution in [0.3, 0.4) is 0 Å². The molecule has 1 atom stereocenters. The normalized spacial score (nSPS) is 23.8. The molecule has 1 N–H and O–H groups in total. The minimum Gasteiger partial charge on any atom is -0.388 e. The molecule has 4 nitrogen and oxygen atoms in total. The summed E-state index contributed by atoms with van der Waals surface area (Å²) < 4.78 is 5.26. The Bertz CT molecular complexity index is 166. The average Bonchev–Trinajstić information content (AvgIpc) is 2.02. The zero-order chi connectivity index (χ0) is 10.6. The van der Waals surface area contributed by atoms with E-state index in [-0.39, 0.29) is 0 Å². The van der Waals surface area contributed by atoms with Crippen LogP contribution in [0.1, 0.15) is 6.92 Å². The first-order valence-corrected chi connectivity index (χ1v) is 5.17. The minimum atomic E-state index is -0.624. The maximum Gasteiger partial charge on any atom is 0.0871 e. The van der Waals surface area contributed by atoms with Crippen molar-refractivity contribution < 1.29 is 9.84 Å². The quantitative estimate of drug-likeness (QED) is 0.675. The first-order chi connectivity index (χ1) is 6.49. The number of nitrogens with zero attached hydrogens (tertiary/aromatic N) is 2. The molecular formula is C10H22N2O2. The van der Waals surface area contributed by atoms with Gasteiger partial charge in [0, 0.05) is 26.2 Å². The molecule has 1 heterocycles. The number of rotatable bonds is 4. The molecule has 0 aliphatic carbocycles. The second kappa shape index (κ2) is 5.07. The Balaban J connectivity index is 2.32. The number of hydrogen-bond acceptors (Lipinski definition) is 4. The number of aliphatic hydroxyl groups is 1. The second-order valence-corrected chi connectivity index (χ2v) is 4.62. The van der Waals surface area contributed by atoms with Crippen LogP contribution >= 0.6 is 0 Å². The van der Waals surface area contributed by atoms with Gasteiger partial charge in [0.2, 0.25) is 0 Å². The SMILES string of the molecule is CN(C)CC(C)(O)CN1CCOCC1. The van der Waals surface area contributed by atoms with E-state index < -0.39 is 5.60 Å². The van der Waals surface area contributed by atoms with Gasteiger partial charge in [-0.05, 0) is 21.0 Å². The van der Waals surface area contributed by atoms with Gasteiger partial charge in [0.1, 0.15) is 0 Å². The van der Waals surface area contributed by atoms with Gasteiger partial charge < -0.3 is 14.7 Å². The van der Waals surface area contributed by atoms with Gasteiger partial charge in [-0.25, -0.2) is 0 Å². The summed E-state index contributed by atoms with van der Waals surface area (Å²) in [5.41, 5.74) is -0.624. The van der Waals surface area contributed by atoms with Crippen molar-refractivity contribution in [2.24, 2.45) is 0 Å². The summed E-state index contributed by atoms with van der Waals surface area (Å²) in [6.07, 6.45) is 0. The van der Waals surface area contributed by atoms with Crippen LogP contribution in [0.5, 0.6) is 0 Å². The zero-order valence-electron chi connectivity index (χ0n) is 9.49. The second-order valence-electron chi connectivity index (χ2n) is 4.62. The molecule has 14 heavy (non-hydrogen) atoms. The summed E-state index contributed by atoms with van der Waals surface area (Å²) in [7, 11) is 3.96. The molecule has 1 aliphatic rings. The predicted molar refractivity (Wildman–Crippen MR) is 56.4 cm³/mol. The maximum atomic E-state index is 10.1. The van der Waals surface area contributed by atoms with Crippen LogP contribution in [0.15, 0.2) is 0 Å². The first-order valence-electron chi connectivity index (χ1n) is 5.17. The molecule has 1 rings (SSSR count). The Labute approximate surface area is 86.4 Å². The number of morpholine rings is 1. The Morgan fingerprint density at radius 2 is 1.93 bits per heavy atom. The molecule has 1 unspecified atom stereocenters. The van der Waals surface area contributed by atoms with Gasteiger partial charge in [-0.1, -0.05) is 0 Å². The van der Waals surface area contributed by atoms with Crippen molar-refractivity contribution in [2.45, 2.75) is 12.5 Å². The highest BCUT2D eigenvalue weighted by Gasteiger charge is 2.25. The predicted octanol–water partition coefficient (Wildman–Crippen LogP) is -0.369. The molecule has 84 valence electrons. The highest BCUT2D eigenvalue weighted by Crippen LogP contribution is 2.09. The van der Waals surface area contributed by atoms with Gasteiger partial charge in [0.25, 0.3) is 0 Å². The highest BCUT2D eigenvalue weighted by atomic mass is 16.5. The molecule has 0 saturated carbocycles.